The number of thiazole rings is 1. The zero-order valence-corrected chi connectivity index (χ0v) is 13.8. The lowest BCUT2D eigenvalue weighted by Crippen LogP contribution is -2.27. The molecule has 1 atom stereocenters. The Balaban J connectivity index is 2.26. The summed E-state index contributed by atoms with van der Waals surface area (Å²) in [4.78, 5) is 6.98. The van der Waals surface area contributed by atoms with E-state index in [1.165, 1.54) is 11.1 Å². The predicted octanol–water partition coefficient (Wildman–Crippen LogP) is 4.78. The van der Waals surface area contributed by atoms with E-state index in [1.54, 1.807) is 11.3 Å². The van der Waals surface area contributed by atoms with Crippen molar-refractivity contribution in [1.82, 2.24) is 9.88 Å². The highest BCUT2D eigenvalue weighted by Gasteiger charge is 2.13. The van der Waals surface area contributed by atoms with Gasteiger partial charge in [0.1, 0.15) is 5.01 Å². The highest BCUT2D eigenvalue weighted by molar-refractivity contribution is 7.13. The van der Waals surface area contributed by atoms with Crippen molar-refractivity contribution in [3.8, 4) is 10.6 Å². The lowest BCUT2D eigenvalue weighted by molar-refractivity contribution is 0.244. The van der Waals surface area contributed by atoms with E-state index in [1.807, 2.05) is 5.38 Å². The van der Waals surface area contributed by atoms with Gasteiger partial charge in [-0.25, -0.2) is 4.98 Å². The molecule has 0 saturated heterocycles. The van der Waals surface area contributed by atoms with E-state index < -0.39 is 0 Å². The number of rotatable bonds is 6. The topological polar surface area (TPSA) is 16.1 Å². The van der Waals surface area contributed by atoms with Crippen molar-refractivity contribution in [2.45, 2.75) is 38.7 Å². The summed E-state index contributed by atoms with van der Waals surface area (Å²) in [6.07, 6.45) is 1.16. The van der Waals surface area contributed by atoms with Crippen LogP contribution in [0.1, 0.15) is 31.5 Å². The molecule has 108 valence electrons. The second kappa shape index (κ2) is 7.21. The molecule has 0 aliphatic rings. The molecule has 1 aromatic carbocycles. The molecule has 20 heavy (non-hydrogen) atoms. The van der Waals surface area contributed by atoms with Crippen molar-refractivity contribution in [2.24, 2.45) is 0 Å². The molecule has 0 spiro atoms. The Bertz CT molecular complexity index is 553. The van der Waals surface area contributed by atoms with Gasteiger partial charge >= 0.3 is 0 Å². The molecule has 0 radical (unpaired) electrons. The largest absolute Gasteiger partial charge is 0.299 e. The van der Waals surface area contributed by atoms with Crippen molar-refractivity contribution >= 4 is 22.9 Å². The smallest absolute Gasteiger partial charge is 0.123 e. The molecular weight excluding hydrogens is 288 g/mol. The molecule has 0 aliphatic heterocycles. The lowest BCUT2D eigenvalue weighted by atomic mass is 10.1. The molecule has 1 heterocycles. The first-order valence-corrected chi connectivity index (χ1v) is 8.36. The maximum absolute atomic E-state index is 5.85. The molecule has 2 rings (SSSR count). The van der Waals surface area contributed by atoms with Crippen molar-refractivity contribution < 1.29 is 0 Å². The SMILES string of the molecule is CCC(C)N(C)Cc1ccccc1-c1nc(CCl)cs1. The van der Waals surface area contributed by atoms with E-state index >= 15 is 0 Å². The van der Waals surface area contributed by atoms with E-state index in [4.69, 9.17) is 11.6 Å². The average Bonchev–Trinajstić information content (AvgIpc) is 2.95. The zero-order chi connectivity index (χ0) is 14.5. The van der Waals surface area contributed by atoms with Crippen LogP contribution in [0.15, 0.2) is 29.6 Å². The van der Waals surface area contributed by atoms with Crippen molar-refractivity contribution in [2.75, 3.05) is 7.05 Å². The van der Waals surface area contributed by atoms with Crippen LogP contribution in [0.3, 0.4) is 0 Å². The first kappa shape index (κ1) is 15.5. The number of aromatic nitrogens is 1. The van der Waals surface area contributed by atoms with Gasteiger partial charge in [-0.3, -0.25) is 4.90 Å². The van der Waals surface area contributed by atoms with E-state index in [0.29, 0.717) is 11.9 Å². The quantitative estimate of drug-likeness (QED) is 0.714. The molecule has 0 saturated carbocycles. The summed E-state index contributed by atoms with van der Waals surface area (Å²) in [7, 11) is 2.18. The standard InChI is InChI=1S/C16H21ClN2S/c1-4-12(2)19(3)10-13-7-5-6-8-15(13)16-18-14(9-17)11-20-16/h5-8,11-12H,4,9-10H2,1-3H3. The second-order valence-electron chi connectivity index (χ2n) is 5.11. The Morgan fingerprint density at radius 2 is 2.10 bits per heavy atom. The van der Waals surface area contributed by atoms with Gasteiger partial charge in [0.25, 0.3) is 0 Å². The number of hydrogen-bond donors (Lipinski definition) is 0. The Kier molecular flexibility index (Phi) is 5.58. The van der Waals surface area contributed by atoms with E-state index in [-0.39, 0.29) is 0 Å². The Hall–Kier alpha value is -0.900. The molecular formula is C16H21ClN2S. The fraction of sp³-hybridized carbons (Fsp3) is 0.438. The van der Waals surface area contributed by atoms with Crippen LogP contribution in [-0.4, -0.2) is 23.0 Å². The predicted molar refractivity (Wildman–Crippen MR) is 88.3 cm³/mol. The van der Waals surface area contributed by atoms with Crippen LogP contribution in [0.2, 0.25) is 0 Å². The van der Waals surface area contributed by atoms with Gasteiger partial charge in [0.05, 0.1) is 11.6 Å². The fourth-order valence-corrected chi connectivity index (χ4v) is 3.20. The summed E-state index contributed by atoms with van der Waals surface area (Å²) in [5.74, 6) is 0.478. The van der Waals surface area contributed by atoms with Gasteiger partial charge < -0.3 is 0 Å². The van der Waals surface area contributed by atoms with Gasteiger partial charge in [0, 0.05) is 23.5 Å². The number of nitrogens with zero attached hydrogens (tertiary/aromatic N) is 2. The minimum atomic E-state index is 0.478. The van der Waals surface area contributed by atoms with Crippen LogP contribution in [0.25, 0.3) is 10.6 Å². The first-order valence-electron chi connectivity index (χ1n) is 6.94. The van der Waals surface area contributed by atoms with Crippen molar-refractivity contribution in [3.05, 3.63) is 40.9 Å². The molecule has 4 heteroatoms. The molecule has 2 aromatic rings. The summed E-state index contributed by atoms with van der Waals surface area (Å²) >= 11 is 7.52. The van der Waals surface area contributed by atoms with Crippen molar-refractivity contribution in [3.63, 3.8) is 0 Å². The third-order valence-corrected chi connectivity index (χ3v) is 4.90. The molecule has 1 aromatic heterocycles. The third kappa shape index (κ3) is 3.60. The van der Waals surface area contributed by atoms with Crippen LogP contribution in [0.5, 0.6) is 0 Å². The van der Waals surface area contributed by atoms with Gasteiger partial charge in [0.15, 0.2) is 0 Å². The first-order chi connectivity index (χ1) is 9.65. The minimum absolute atomic E-state index is 0.478. The van der Waals surface area contributed by atoms with Gasteiger partial charge in [-0.1, -0.05) is 31.2 Å². The second-order valence-corrected chi connectivity index (χ2v) is 6.23. The minimum Gasteiger partial charge on any atom is -0.299 e. The fourth-order valence-electron chi connectivity index (χ4n) is 2.10. The lowest BCUT2D eigenvalue weighted by Gasteiger charge is -2.24. The van der Waals surface area contributed by atoms with E-state index in [0.717, 1.165) is 23.7 Å². The van der Waals surface area contributed by atoms with Gasteiger partial charge in [0.2, 0.25) is 0 Å². The van der Waals surface area contributed by atoms with E-state index in [9.17, 15) is 0 Å². The monoisotopic (exact) mass is 308 g/mol. The summed E-state index contributed by atoms with van der Waals surface area (Å²) in [6, 6.07) is 9.09. The summed E-state index contributed by atoms with van der Waals surface area (Å²) in [5, 5.41) is 3.10. The Labute approximate surface area is 130 Å². The summed E-state index contributed by atoms with van der Waals surface area (Å²) in [6.45, 7) is 5.43. The molecule has 0 amide bonds. The molecule has 0 bridgehead atoms. The number of halogens is 1. The normalized spacial score (nSPS) is 12.8. The van der Waals surface area contributed by atoms with Crippen molar-refractivity contribution in [1.29, 1.82) is 0 Å². The maximum atomic E-state index is 5.85. The molecule has 0 N–H and O–H groups in total. The number of benzene rings is 1. The molecule has 2 nitrogen and oxygen atoms in total. The highest BCUT2D eigenvalue weighted by Crippen LogP contribution is 2.28. The third-order valence-electron chi connectivity index (χ3n) is 3.70. The van der Waals surface area contributed by atoms with Gasteiger partial charge in [-0.05, 0) is 26.0 Å². The van der Waals surface area contributed by atoms with Gasteiger partial charge in [-0.15, -0.1) is 22.9 Å². The summed E-state index contributed by atoms with van der Waals surface area (Å²) < 4.78 is 0. The average molecular weight is 309 g/mol. The molecule has 0 fully saturated rings. The maximum Gasteiger partial charge on any atom is 0.123 e. The Morgan fingerprint density at radius 1 is 1.35 bits per heavy atom. The summed E-state index contributed by atoms with van der Waals surface area (Å²) in [5.41, 5.74) is 3.51. The zero-order valence-electron chi connectivity index (χ0n) is 12.3. The molecule has 0 aliphatic carbocycles. The van der Waals surface area contributed by atoms with Crippen LogP contribution >= 0.6 is 22.9 Å². The molecule has 1 unspecified atom stereocenters. The Morgan fingerprint density at radius 3 is 2.75 bits per heavy atom. The number of alkyl halides is 1. The van der Waals surface area contributed by atoms with Crippen LogP contribution < -0.4 is 0 Å². The number of hydrogen-bond acceptors (Lipinski definition) is 3. The highest BCUT2D eigenvalue weighted by atomic mass is 35.5. The van der Waals surface area contributed by atoms with E-state index in [2.05, 4.69) is 55.0 Å². The van der Waals surface area contributed by atoms with Crippen LogP contribution in [0, 0.1) is 0 Å². The van der Waals surface area contributed by atoms with Gasteiger partial charge in [-0.2, -0.15) is 0 Å². The van der Waals surface area contributed by atoms with Crippen LogP contribution in [0.4, 0.5) is 0 Å². The van der Waals surface area contributed by atoms with Crippen LogP contribution in [-0.2, 0) is 12.4 Å².